The van der Waals surface area contributed by atoms with Crippen molar-refractivity contribution in [3.05, 3.63) is 41.8 Å². The van der Waals surface area contributed by atoms with E-state index in [1.54, 1.807) is 7.05 Å². The average Bonchev–Trinajstić information content (AvgIpc) is 2.86. The Morgan fingerprint density at radius 3 is 2.58 bits per heavy atom. The van der Waals surface area contributed by atoms with Crippen LogP contribution in [0.2, 0.25) is 0 Å². The lowest BCUT2D eigenvalue weighted by Crippen LogP contribution is -2.11. The van der Waals surface area contributed by atoms with Crippen LogP contribution in [0.5, 0.6) is 0 Å². The van der Waals surface area contributed by atoms with E-state index in [2.05, 4.69) is 10.3 Å². The number of rotatable bonds is 3. The van der Waals surface area contributed by atoms with Crippen LogP contribution in [-0.4, -0.2) is 12.0 Å². The van der Waals surface area contributed by atoms with Crippen molar-refractivity contribution in [3.8, 4) is 11.5 Å². The van der Waals surface area contributed by atoms with Gasteiger partial charge in [-0.25, -0.2) is 4.98 Å². The molecular formula is C13H13F3N2O. The zero-order chi connectivity index (χ0) is 14.0. The van der Waals surface area contributed by atoms with Gasteiger partial charge in [0.25, 0.3) is 0 Å². The van der Waals surface area contributed by atoms with Crippen molar-refractivity contribution in [1.82, 2.24) is 10.3 Å². The van der Waals surface area contributed by atoms with Crippen LogP contribution in [0, 0.1) is 0 Å². The van der Waals surface area contributed by atoms with Crippen LogP contribution in [0.1, 0.15) is 24.3 Å². The Morgan fingerprint density at radius 2 is 1.95 bits per heavy atom. The molecular weight excluding hydrogens is 257 g/mol. The third-order valence-electron chi connectivity index (χ3n) is 2.85. The summed E-state index contributed by atoms with van der Waals surface area (Å²) in [5.41, 5.74) is -0.801. The zero-order valence-electron chi connectivity index (χ0n) is 10.5. The minimum absolute atomic E-state index is 0.0231. The summed E-state index contributed by atoms with van der Waals surface area (Å²) in [6, 6.07) is 5.12. The van der Waals surface area contributed by atoms with E-state index in [0.29, 0.717) is 5.76 Å². The summed E-state index contributed by atoms with van der Waals surface area (Å²) in [6.45, 7) is 1.83. The van der Waals surface area contributed by atoms with Crippen molar-refractivity contribution in [3.63, 3.8) is 0 Å². The van der Waals surface area contributed by atoms with E-state index < -0.39 is 11.7 Å². The molecule has 1 aromatic carbocycles. The quantitative estimate of drug-likeness (QED) is 0.925. The van der Waals surface area contributed by atoms with E-state index in [9.17, 15) is 13.2 Å². The third kappa shape index (κ3) is 2.78. The van der Waals surface area contributed by atoms with Gasteiger partial charge in [-0.05, 0) is 26.1 Å². The Morgan fingerprint density at radius 1 is 1.26 bits per heavy atom. The highest BCUT2D eigenvalue weighted by Gasteiger charge is 2.34. The smallest absolute Gasteiger partial charge is 0.417 e. The van der Waals surface area contributed by atoms with Gasteiger partial charge >= 0.3 is 6.18 Å². The van der Waals surface area contributed by atoms with E-state index in [-0.39, 0.29) is 17.5 Å². The van der Waals surface area contributed by atoms with E-state index in [1.165, 1.54) is 24.4 Å². The van der Waals surface area contributed by atoms with Crippen LogP contribution in [0.3, 0.4) is 0 Å². The van der Waals surface area contributed by atoms with Crippen LogP contribution in [0.4, 0.5) is 13.2 Å². The molecule has 0 aliphatic carbocycles. The Kier molecular flexibility index (Phi) is 3.61. The van der Waals surface area contributed by atoms with E-state index in [4.69, 9.17) is 4.42 Å². The van der Waals surface area contributed by atoms with Gasteiger partial charge in [-0.15, -0.1) is 0 Å². The van der Waals surface area contributed by atoms with E-state index >= 15 is 0 Å². The fourth-order valence-corrected chi connectivity index (χ4v) is 1.67. The number of alkyl halides is 3. The van der Waals surface area contributed by atoms with Gasteiger partial charge in [0, 0.05) is 5.56 Å². The van der Waals surface area contributed by atoms with Crippen LogP contribution < -0.4 is 5.32 Å². The highest BCUT2D eigenvalue weighted by Crippen LogP contribution is 2.36. The Labute approximate surface area is 108 Å². The molecule has 1 N–H and O–H groups in total. The summed E-state index contributed by atoms with van der Waals surface area (Å²) in [5.74, 6) is 0.472. The molecule has 1 atom stereocenters. The normalized spacial score (nSPS) is 13.5. The predicted molar refractivity (Wildman–Crippen MR) is 64.4 cm³/mol. The molecule has 0 saturated carbocycles. The first-order valence-corrected chi connectivity index (χ1v) is 5.73. The molecule has 1 unspecified atom stereocenters. The van der Waals surface area contributed by atoms with Crippen LogP contribution in [0.15, 0.2) is 34.9 Å². The summed E-state index contributed by atoms with van der Waals surface area (Å²) in [5, 5.41) is 2.93. The highest BCUT2D eigenvalue weighted by molar-refractivity contribution is 5.59. The molecule has 3 nitrogen and oxygen atoms in total. The number of nitrogens with zero attached hydrogens (tertiary/aromatic N) is 1. The second kappa shape index (κ2) is 5.05. The van der Waals surface area contributed by atoms with Gasteiger partial charge in [0.05, 0.1) is 17.8 Å². The van der Waals surface area contributed by atoms with Crippen molar-refractivity contribution in [1.29, 1.82) is 0 Å². The van der Waals surface area contributed by atoms with Gasteiger partial charge in [-0.3, -0.25) is 0 Å². The van der Waals surface area contributed by atoms with Crippen LogP contribution in [0.25, 0.3) is 11.5 Å². The van der Waals surface area contributed by atoms with E-state index in [0.717, 1.165) is 6.07 Å². The van der Waals surface area contributed by atoms with Crippen molar-refractivity contribution < 1.29 is 17.6 Å². The highest BCUT2D eigenvalue weighted by atomic mass is 19.4. The SMILES string of the molecule is CNC(C)c1cnc(-c2ccccc2C(F)(F)F)o1. The summed E-state index contributed by atoms with van der Waals surface area (Å²) < 4.78 is 44.0. The molecule has 0 spiro atoms. The molecule has 19 heavy (non-hydrogen) atoms. The number of hydrogen-bond acceptors (Lipinski definition) is 3. The molecule has 2 aromatic rings. The molecule has 6 heteroatoms. The van der Waals surface area contributed by atoms with Crippen molar-refractivity contribution in [2.75, 3.05) is 7.05 Å². The largest absolute Gasteiger partial charge is 0.440 e. The van der Waals surface area contributed by atoms with Crippen molar-refractivity contribution >= 4 is 0 Å². The monoisotopic (exact) mass is 270 g/mol. The first-order chi connectivity index (χ1) is 8.93. The zero-order valence-corrected chi connectivity index (χ0v) is 10.5. The maximum absolute atomic E-state index is 12.9. The minimum atomic E-state index is -4.43. The van der Waals surface area contributed by atoms with Gasteiger partial charge in [0.1, 0.15) is 5.76 Å². The summed E-state index contributed by atoms with van der Waals surface area (Å²) in [6.07, 6.45) is -3.00. The maximum atomic E-state index is 12.9. The van der Waals surface area contributed by atoms with Crippen LogP contribution in [-0.2, 0) is 6.18 Å². The fourth-order valence-electron chi connectivity index (χ4n) is 1.67. The molecule has 0 saturated heterocycles. The van der Waals surface area contributed by atoms with E-state index in [1.807, 2.05) is 6.92 Å². The number of oxazole rings is 1. The molecule has 0 bridgehead atoms. The van der Waals surface area contributed by atoms with Gasteiger partial charge in [-0.2, -0.15) is 13.2 Å². The maximum Gasteiger partial charge on any atom is 0.417 e. The summed E-state index contributed by atoms with van der Waals surface area (Å²) in [4.78, 5) is 3.92. The molecule has 102 valence electrons. The fraction of sp³-hybridized carbons (Fsp3) is 0.308. The second-order valence-corrected chi connectivity index (χ2v) is 4.12. The molecule has 0 amide bonds. The van der Waals surface area contributed by atoms with Crippen molar-refractivity contribution in [2.24, 2.45) is 0 Å². The number of aromatic nitrogens is 1. The Bertz CT molecular complexity index is 563. The Balaban J connectivity index is 2.45. The standard InChI is InChI=1S/C13H13F3N2O/c1-8(17-2)11-7-18-12(19-11)9-5-3-4-6-10(9)13(14,15)16/h3-8,17H,1-2H3. The van der Waals surface area contributed by atoms with Gasteiger partial charge in [-0.1, -0.05) is 12.1 Å². The molecule has 0 radical (unpaired) electrons. The average molecular weight is 270 g/mol. The topological polar surface area (TPSA) is 38.1 Å². The molecule has 0 aliphatic rings. The number of hydrogen-bond donors (Lipinski definition) is 1. The molecule has 2 rings (SSSR count). The molecule has 0 fully saturated rings. The number of nitrogens with one attached hydrogen (secondary N) is 1. The van der Waals surface area contributed by atoms with Gasteiger partial charge in [0.15, 0.2) is 0 Å². The minimum Gasteiger partial charge on any atom is -0.440 e. The van der Waals surface area contributed by atoms with Crippen LogP contribution >= 0.6 is 0 Å². The van der Waals surface area contributed by atoms with Gasteiger partial charge < -0.3 is 9.73 Å². The molecule has 0 aliphatic heterocycles. The number of benzene rings is 1. The third-order valence-corrected chi connectivity index (χ3v) is 2.85. The lowest BCUT2D eigenvalue weighted by atomic mass is 10.1. The lowest BCUT2D eigenvalue weighted by molar-refractivity contribution is -0.137. The summed E-state index contributed by atoms with van der Waals surface area (Å²) >= 11 is 0. The first kappa shape index (κ1) is 13.6. The molecule has 1 heterocycles. The Hall–Kier alpha value is -1.82. The summed E-state index contributed by atoms with van der Waals surface area (Å²) in [7, 11) is 1.73. The predicted octanol–water partition coefficient (Wildman–Crippen LogP) is 3.64. The second-order valence-electron chi connectivity index (χ2n) is 4.12. The van der Waals surface area contributed by atoms with Crippen molar-refractivity contribution in [2.45, 2.75) is 19.1 Å². The van der Waals surface area contributed by atoms with Gasteiger partial charge in [0.2, 0.25) is 5.89 Å². The number of halogens is 3. The first-order valence-electron chi connectivity index (χ1n) is 5.73. The lowest BCUT2D eigenvalue weighted by Gasteiger charge is -2.10. The molecule has 1 aromatic heterocycles.